The Bertz CT molecular complexity index is 564. The number of hydrogen-bond donors (Lipinski definition) is 2. The lowest BCUT2D eigenvalue weighted by atomic mass is 10.1. The van der Waals surface area contributed by atoms with Crippen LogP contribution in [0, 0.1) is 6.92 Å². The maximum atomic E-state index is 5.15. The van der Waals surface area contributed by atoms with Crippen molar-refractivity contribution in [2.75, 3.05) is 39.9 Å². The van der Waals surface area contributed by atoms with Gasteiger partial charge in [-0.3, -0.25) is 0 Å². The maximum absolute atomic E-state index is 5.15. The van der Waals surface area contributed by atoms with Gasteiger partial charge in [0.25, 0.3) is 0 Å². The van der Waals surface area contributed by atoms with Crippen LogP contribution in [-0.2, 0) is 18.3 Å². The van der Waals surface area contributed by atoms with Crippen LogP contribution in [-0.4, -0.2) is 71.6 Å². The highest BCUT2D eigenvalue weighted by Gasteiger charge is 2.19. The SMILES string of the molecule is CCCCNC(=NCc1nnc(C)n1C)NC1CCN(CCCOC)CC1. The largest absolute Gasteiger partial charge is 0.385 e. The summed E-state index contributed by atoms with van der Waals surface area (Å²) >= 11 is 0. The molecule has 0 unspecified atom stereocenters. The number of aliphatic imine (C=N–C) groups is 1. The van der Waals surface area contributed by atoms with E-state index in [2.05, 4.69) is 32.7 Å². The van der Waals surface area contributed by atoms with E-state index in [1.54, 1.807) is 7.11 Å². The number of hydrogen-bond acceptors (Lipinski definition) is 5. The predicted octanol–water partition coefficient (Wildman–Crippen LogP) is 1.46. The summed E-state index contributed by atoms with van der Waals surface area (Å²) in [6.07, 6.45) is 5.70. The second-order valence-electron chi connectivity index (χ2n) is 7.27. The first-order chi connectivity index (χ1) is 13.1. The van der Waals surface area contributed by atoms with Crippen LogP contribution < -0.4 is 10.6 Å². The molecule has 1 saturated heterocycles. The van der Waals surface area contributed by atoms with Crippen LogP contribution in [0.3, 0.4) is 0 Å². The lowest BCUT2D eigenvalue weighted by Crippen LogP contribution is -2.49. The van der Waals surface area contributed by atoms with Gasteiger partial charge in [0.2, 0.25) is 0 Å². The molecule has 8 heteroatoms. The van der Waals surface area contributed by atoms with Gasteiger partial charge in [-0.25, -0.2) is 4.99 Å². The van der Waals surface area contributed by atoms with Crippen LogP contribution in [0.1, 0.15) is 50.7 Å². The van der Waals surface area contributed by atoms with Crippen molar-refractivity contribution in [1.29, 1.82) is 0 Å². The molecule has 2 rings (SSSR count). The number of piperidine rings is 1. The predicted molar refractivity (Wildman–Crippen MR) is 109 cm³/mol. The number of rotatable bonds is 10. The second-order valence-corrected chi connectivity index (χ2v) is 7.27. The minimum Gasteiger partial charge on any atom is -0.385 e. The number of methoxy groups -OCH3 is 1. The molecule has 27 heavy (non-hydrogen) atoms. The molecule has 1 fully saturated rings. The van der Waals surface area contributed by atoms with Crippen molar-refractivity contribution in [2.24, 2.45) is 12.0 Å². The molecule has 1 aromatic heterocycles. The molecule has 1 aliphatic heterocycles. The third-order valence-electron chi connectivity index (χ3n) is 5.14. The first-order valence-corrected chi connectivity index (χ1v) is 10.2. The zero-order chi connectivity index (χ0) is 19.5. The summed E-state index contributed by atoms with van der Waals surface area (Å²) in [6, 6.07) is 0.470. The maximum Gasteiger partial charge on any atom is 0.191 e. The first-order valence-electron chi connectivity index (χ1n) is 10.2. The second kappa shape index (κ2) is 11.9. The van der Waals surface area contributed by atoms with Gasteiger partial charge in [-0.05, 0) is 32.6 Å². The fourth-order valence-electron chi connectivity index (χ4n) is 3.20. The van der Waals surface area contributed by atoms with Crippen LogP contribution in [0.25, 0.3) is 0 Å². The molecule has 0 spiro atoms. The third-order valence-corrected chi connectivity index (χ3v) is 5.14. The molecular formula is C19H37N7O. The number of ether oxygens (including phenoxy) is 1. The molecule has 8 nitrogen and oxygen atoms in total. The van der Waals surface area contributed by atoms with Gasteiger partial charge < -0.3 is 24.8 Å². The van der Waals surface area contributed by atoms with Gasteiger partial charge in [0.05, 0.1) is 0 Å². The Morgan fingerprint density at radius 1 is 1.26 bits per heavy atom. The van der Waals surface area contributed by atoms with Crippen molar-refractivity contribution >= 4 is 5.96 Å². The van der Waals surface area contributed by atoms with Gasteiger partial charge in [-0.15, -0.1) is 10.2 Å². The topological polar surface area (TPSA) is 79.6 Å². The highest BCUT2D eigenvalue weighted by Crippen LogP contribution is 2.11. The van der Waals surface area contributed by atoms with E-state index >= 15 is 0 Å². The molecule has 154 valence electrons. The highest BCUT2D eigenvalue weighted by molar-refractivity contribution is 5.80. The Labute approximate surface area is 163 Å². The van der Waals surface area contributed by atoms with E-state index in [1.807, 2.05) is 18.5 Å². The molecule has 0 aliphatic carbocycles. The van der Waals surface area contributed by atoms with Gasteiger partial charge in [0.15, 0.2) is 11.8 Å². The van der Waals surface area contributed by atoms with Crippen LogP contribution in [0.4, 0.5) is 0 Å². The summed E-state index contributed by atoms with van der Waals surface area (Å²) in [6.45, 7) is 9.87. The van der Waals surface area contributed by atoms with E-state index in [0.717, 1.165) is 76.1 Å². The molecule has 0 bridgehead atoms. The van der Waals surface area contributed by atoms with Crippen LogP contribution in [0.5, 0.6) is 0 Å². The Morgan fingerprint density at radius 2 is 2.04 bits per heavy atom. The third kappa shape index (κ3) is 7.46. The van der Waals surface area contributed by atoms with Crippen molar-refractivity contribution < 1.29 is 4.74 Å². The first kappa shape index (κ1) is 21.6. The molecule has 0 amide bonds. The van der Waals surface area contributed by atoms with Gasteiger partial charge in [-0.2, -0.15) is 0 Å². The van der Waals surface area contributed by atoms with Gasteiger partial charge >= 0.3 is 0 Å². The Morgan fingerprint density at radius 3 is 2.67 bits per heavy atom. The quantitative estimate of drug-likeness (QED) is 0.364. The van der Waals surface area contributed by atoms with Gasteiger partial charge in [-0.1, -0.05) is 13.3 Å². The monoisotopic (exact) mass is 379 g/mol. The van der Waals surface area contributed by atoms with Gasteiger partial charge in [0.1, 0.15) is 12.4 Å². The number of unbranched alkanes of at least 4 members (excludes halogenated alkanes) is 1. The van der Waals surface area contributed by atoms with Crippen molar-refractivity contribution in [3.8, 4) is 0 Å². The Hall–Kier alpha value is -1.67. The van der Waals surface area contributed by atoms with Crippen LogP contribution in [0.15, 0.2) is 4.99 Å². The van der Waals surface area contributed by atoms with Crippen LogP contribution in [0.2, 0.25) is 0 Å². The molecule has 2 heterocycles. The van der Waals surface area contributed by atoms with E-state index in [0.29, 0.717) is 12.6 Å². The fraction of sp³-hybridized carbons (Fsp3) is 0.842. The van der Waals surface area contributed by atoms with E-state index < -0.39 is 0 Å². The number of likely N-dealkylation sites (tertiary alicyclic amines) is 1. The number of aryl methyl sites for hydroxylation is 1. The normalized spacial score (nSPS) is 16.7. The molecular weight excluding hydrogens is 342 g/mol. The molecule has 1 aromatic rings. The van der Waals surface area contributed by atoms with E-state index in [4.69, 9.17) is 9.73 Å². The number of nitrogens with zero attached hydrogens (tertiary/aromatic N) is 5. The minimum atomic E-state index is 0.470. The van der Waals surface area contributed by atoms with Crippen LogP contribution >= 0.6 is 0 Å². The standard InChI is InChI=1S/C19H37N7O/c1-5-6-10-20-19(21-15-18-24-23-16(2)25(18)3)22-17-8-12-26(13-9-17)11-7-14-27-4/h17H,5-15H2,1-4H3,(H2,20,21,22). The zero-order valence-electron chi connectivity index (χ0n) is 17.5. The summed E-state index contributed by atoms with van der Waals surface area (Å²) in [4.78, 5) is 7.28. The van der Waals surface area contributed by atoms with Crippen molar-refractivity contribution in [3.63, 3.8) is 0 Å². The average Bonchev–Trinajstić information content (AvgIpc) is 2.99. The summed E-state index contributed by atoms with van der Waals surface area (Å²) in [7, 11) is 3.75. The highest BCUT2D eigenvalue weighted by atomic mass is 16.5. The molecule has 2 N–H and O–H groups in total. The average molecular weight is 380 g/mol. The number of guanidine groups is 1. The van der Waals surface area contributed by atoms with Gasteiger partial charge in [0, 0.05) is 53.0 Å². The number of aromatic nitrogens is 3. The Kier molecular flexibility index (Phi) is 9.55. The Balaban J connectivity index is 1.85. The lowest BCUT2D eigenvalue weighted by molar-refractivity contribution is 0.155. The molecule has 0 aromatic carbocycles. The summed E-state index contributed by atoms with van der Waals surface area (Å²) < 4.78 is 7.14. The summed E-state index contributed by atoms with van der Waals surface area (Å²) in [5, 5.41) is 15.4. The molecule has 0 atom stereocenters. The van der Waals surface area contributed by atoms with E-state index in [9.17, 15) is 0 Å². The lowest BCUT2D eigenvalue weighted by Gasteiger charge is -2.33. The van der Waals surface area contributed by atoms with Crippen molar-refractivity contribution in [3.05, 3.63) is 11.6 Å². The van der Waals surface area contributed by atoms with E-state index in [1.165, 1.54) is 6.42 Å². The molecule has 0 saturated carbocycles. The summed E-state index contributed by atoms with van der Waals surface area (Å²) in [5.74, 6) is 2.69. The fourth-order valence-corrected chi connectivity index (χ4v) is 3.20. The smallest absolute Gasteiger partial charge is 0.191 e. The van der Waals surface area contributed by atoms with Crippen molar-refractivity contribution in [1.82, 2.24) is 30.3 Å². The number of nitrogens with one attached hydrogen (secondary N) is 2. The zero-order valence-corrected chi connectivity index (χ0v) is 17.5. The van der Waals surface area contributed by atoms with Crippen molar-refractivity contribution in [2.45, 2.75) is 58.5 Å². The van der Waals surface area contributed by atoms with E-state index in [-0.39, 0.29) is 0 Å². The summed E-state index contributed by atoms with van der Waals surface area (Å²) in [5.41, 5.74) is 0. The molecule has 0 radical (unpaired) electrons. The molecule has 1 aliphatic rings. The minimum absolute atomic E-state index is 0.470.